The van der Waals surface area contributed by atoms with Crippen molar-refractivity contribution in [1.29, 1.82) is 0 Å². The molecule has 0 aliphatic rings. The third-order valence-corrected chi connectivity index (χ3v) is 3.77. The first-order valence-corrected chi connectivity index (χ1v) is 16.4. The Labute approximate surface area is 246 Å². The molecule has 0 saturated heterocycles. The summed E-state index contributed by atoms with van der Waals surface area (Å²) in [4.78, 5) is 52.0. The number of halogens is 1. The number of aryl methyl sites for hydroxylation is 1. The van der Waals surface area contributed by atoms with Gasteiger partial charge in [-0.1, -0.05) is 78.9 Å². The highest BCUT2D eigenvalue weighted by molar-refractivity contribution is 7.45. The summed E-state index contributed by atoms with van der Waals surface area (Å²) in [5.74, 6) is -1.91. The zero-order chi connectivity index (χ0) is 32.6. The molecule has 0 fully saturated rings. The molecule has 7 N–H and O–H groups in total. The van der Waals surface area contributed by atoms with Crippen LogP contribution in [0.2, 0.25) is 0 Å². The fourth-order valence-corrected chi connectivity index (χ4v) is 2.33. The van der Waals surface area contributed by atoms with E-state index in [1.165, 1.54) is 0 Å². The highest BCUT2D eigenvalue weighted by atomic mass is 127. The van der Waals surface area contributed by atoms with Crippen molar-refractivity contribution in [3.8, 4) is 5.75 Å². The molecule has 3 aromatic carbocycles. The molecule has 0 spiro atoms. The standard InChI is InChI=1S/C9H10O2.C8H8O3.C8H8O2.HIO4.H3O4P/c10-9(11)7-6-8-4-2-1-3-5-8;9-8(10)6-11-7-4-2-1-3-5-7;9-8(10)6-7-4-2-1-3-5-7;2-1(3,4)5;1-5(2,3)4/h1-5H,6-7H2,(H,10,11);1-5H,6H2,(H,9,10);1-5H,6H2,(H,9,10);2H;(H3,1,2,3,4). The molecule has 17 heteroatoms. The molecule has 0 amide bonds. The van der Waals surface area contributed by atoms with E-state index in [1.807, 2.05) is 54.6 Å². The van der Waals surface area contributed by atoms with Gasteiger partial charge >= 0.3 is 45.8 Å². The molecule has 42 heavy (non-hydrogen) atoms. The molecule has 15 nitrogen and oxygen atoms in total. The van der Waals surface area contributed by atoms with Gasteiger partial charge in [0.15, 0.2) is 6.61 Å². The number of rotatable bonds is 8. The van der Waals surface area contributed by atoms with Crippen molar-refractivity contribution in [2.45, 2.75) is 19.3 Å². The number of para-hydroxylation sites is 1. The van der Waals surface area contributed by atoms with Crippen LogP contribution in [-0.2, 0) is 31.8 Å². The second kappa shape index (κ2) is 23.1. The molecule has 0 aromatic heterocycles. The number of ether oxygens (including phenoxy) is 1. The summed E-state index contributed by atoms with van der Waals surface area (Å²) in [6, 6.07) is 27.6. The zero-order valence-corrected chi connectivity index (χ0v) is 24.8. The van der Waals surface area contributed by atoms with Crippen LogP contribution in [0, 0.1) is 0 Å². The first-order valence-electron chi connectivity index (χ1n) is 11.2. The summed E-state index contributed by atoms with van der Waals surface area (Å²) in [7, 11) is -4.64. The maximum absolute atomic E-state index is 10.2. The van der Waals surface area contributed by atoms with Crippen LogP contribution in [0.3, 0.4) is 0 Å². The minimum absolute atomic E-state index is 0.112. The van der Waals surface area contributed by atoms with Crippen molar-refractivity contribution >= 4 is 25.7 Å². The van der Waals surface area contributed by atoms with Crippen molar-refractivity contribution in [3.05, 3.63) is 102 Å². The summed E-state index contributed by atoms with van der Waals surface area (Å²) in [6.07, 6.45) is 0.945. The van der Waals surface area contributed by atoms with Gasteiger partial charge in [-0.25, -0.2) is 9.36 Å². The Bertz CT molecular complexity index is 1120. The van der Waals surface area contributed by atoms with E-state index in [2.05, 4.69) is 0 Å². The van der Waals surface area contributed by atoms with Crippen LogP contribution in [0.5, 0.6) is 5.75 Å². The molecule has 3 rings (SSSR count). The Hall–Kier alpha value is -3.45. The van der Waals surface area contributed by atoms with Crippen molar-refractivity contribution < 1.29 is 87.5 Å². The highest BCUT2D eigenvalue weighted by Crippen LogP contribution is 2.25. The van der Waals surface area contributed by atoms with Gasteiger partial charge in [0.1, 0.15) is 5.75 Å². The van der Waals surface area contributed by atoms with Crippen LogP contribution in [0.4, 0.5) is 0 Å². The normalized spacial score (nSPS) is 9.88. The summed E-state index contributed by atoms with van der Waals surface area (Å²) in [5, 5.41) is 25.0. The van der Waals surface area contributed by atoms with Crippen LogP contribution < -0.4 is 35.1 Å². The smallest absolute Gasteiger partial charge is 0.466 e. The average Bonchev–Trinajstić information content (AvgIpc) is 2.87. The topological polar surface area (TPSA) is 288 Å². The Morgan fingerprint density at radius 2 is 1.02 bits per heavy atom. The molecule has 232 valence electrons. The van der Waals surface area contributed by atoms with Gasteiger partial charge in [-0.3, -0.25) is 19.9 Å². The number of hydrogen-bond donors (Lipinski definition) is 7. The number of benzene rings is 3. The van der Waals surface area contributed by atoms with Crippen molar-refractivity contribution in [2.75, 3.05) is 6.61 Å². The van der Waals surface area contributed by atoms with Gasteiger partial charge in [0.2, 0.25) is 0 Å². The Morgan fingerprint density at radius 1 is 0.667 bits per heavy atom. The summed E-state index contributed by atoms with van der Waals surface area (Å²) in [5.41, 5.74) is 1.92. The molecule has 0 radical (unpaired) electrons. The summed E-state index contributed by atoms with van der Waals surface area (Å²) < 4.78 is 47.0. The molecular formula is C25H30IO15P. The van der Waals surface area contributed by atoms with E-state index in [-0.39, 0.29) is 19.4 Å². The molecular weight excluding hydrogens is 698 g/mol. The van der Waals surface area contributed by atoms with Gasteiger partial charge in [-0.15, -0.1) is 0 Å². The van der Waals surface area contributed by atoms with E-state index in [0.29, 0.717) is 12.2 Å². The second-order valence-corrected chi connectivity index (χ2v) is 10.6. The molecule has 0 atom stereocenters. The van der Waals surface area contributed by atoms with Crippen LogP contribution in [0.25, 0.3) is 0 Å². The number of carboxylic acids is 3. The largest absolute Gasteiger partial charge is 0.482 e. The number of hydrogen-bond acceptors (Lipinski definition) is 9. The molecule has 3 aromatic rings. The van der Waals surface area contributed by atoms with Crippen LogP contribution in [0.15, 0.2) is 91.0 Å². The SMILES string of the molecule is O=C(O)CCc1ccccc1.O=C(O)COc1ccccc1.O=C(O)Cc1ccccc1.O=P(O)(O)O.[O-][I+3]([O-])([O-])O. The van der Waals surface area contributed by atoms with Gasteiger partial charge in [-0.05, 0) is 29.7 Å². The Balaban J connectivity index is 0. The lowest BCUT2D eigenvalue weighted by Gasteiger charge is -2.00. The van der Waals surface area contributed by atoms with Crippen LogP contribution in [-0.4, -0.2) is 58.0 Å². The minimum Gasteiger partial charge on any atom is -0.482 e. The number of carboxylic acid groups (broad SMARTS) is 3. The number of phosphoric acid groups is 1. The first-order chi connectivity index (χ1) is 19.4. The lowest BCUT2D eigenvalue weighted by atomic mass is 10.1. The molecule has 0 unspecified atom stereocenters. The van der Waals surface area contributed by atoms with E-state index in [9.17, 15) is 14.4 Å². The summed E-state index contributed by atoms with van der Waals surface area (Å²) in [6.45, 7) is -0.288. The average molecular weight is 728 g/mol. The summed E-state index contributed by atoms with van der Waals surface area (Å²) >= 11 is -5.69. The van der Waals surface area contributed by atoms with Gasteiger partial charge in [-0.2, -0.15) is 0 Å². The minimum atomic E-state index is -5.69. The maximum Gasteiger partial charge on any atom is 0.466 e. The highest BCUT2D eigenvalue weighted by Gasteiger charge is 2.12. The Kier molecular flexibility index (Phi) is 22.4. The van der Waals surface area contributed by atoms with Gasteiger partial charge < -0.3 is 34.7 Å². The van der Waals surface area contributed by atoms with E-state index in [4.69, 9.17) is 53.0 Å². The molecule has 0 bridgehead atoms. The van der Waals surface area contributed by atoms with E-state index >= 15 is 0 Å². The van der Waals surface area contributed by atoms with Crippen LogP contribution >= 0.6 is 7.82 Å². The van der Waals surface area contributed by atoms with E-state index < -0.39 is 45.8 Å². The fraction of sp³-hybridized carbons (Fsp3) is 0.160. The van der Waals surface area contributed by atoms with Gasteiger partial charge in [0.05, 0.1) is 6.42 Å². The number of carbonyl (C=O) groups is 3. The van der Waals surface area contributed by atoms with Gasteiger partial charge in [0, 0.05) is 9.86 Å². The third kappa shape index (κ3) is 38.7. The molecule has 0 heterocycles. The van der Waals surface area contributed by atoms with Crippen LogP contribution in [0.1, 0.15) is 17.5 Å². The Morgan fingerprint density at radius 3 is 1.36 bits per heavy atom. The monoisotopic (exact) mass is 728 g/mol. The second-order valence-electron chi connectivity index (χ2n) is 7.34. The molecule has 0 aliphatic heterocycles. The predicted octanol–water partition coefficient (Wildman–Crippen LogP) is -3.88. The first kappa shape index (κ1) is 40.7. The molecule has 0 saturated carbocycles. The van der Waals surface area contributed by atoms with Crippen molar-refractivity contribution in [3.63, 3.8) is 0 Å². The third-order valence-electron chi connectivity index (χ3n) is 3.77. The lowest BCUT2D eigenvalue weighted by molar-refractivity contribution is -1.92. The zero-order valence-electron chi connectivity index (χ0n) is 21.7. The van der Waals surface area contributed by atoms with Crippen molar-refractivity contribution in [2.24, 2.45) is 0 Å². The number of aliphatic carboxylic acids is 3. The van der Waals surface area contributed by atoms with Crippen molar-refractivity contribution in [1.82, 2.24) is 0 Å². The molecule has 0 aliphatic carbocycles. The van der Waals surface area contributed by atoms with E-state index in [1.54, 1.807) is 36.4 Å². The van der Waals surface area contributed by atoms with E-state index in [0.717, 1.165) is 11.1 Å². The van der Waals surface area contributed by atoms with Gasteiger partial charge in [0.25, 0.3) is 0 Å². The predicted molar refractivity (Wildman–Crippen MR) is 136 cm³/mol. The lowest BCUT2D eigenvalue weighted by Crippen LogP contribution is -4.23. The maximum atomic E-state index is 10.2. The fourth-order valence-electron chi connectivity index (χ4n) is 2.33. The quantitative estimate of drug-likeness (QED) is 0.0863.